The van der Waals surface area contributed by atoms with Gasteiger partial charge in [0.2, 0.25) is 0 Å². The first kappa shape index (κ1) is 32.5. The van der Waals surface area contributed by atoms with Crippen molar-refractivity contribution in [2.24, 2.45) is 0 Å². The fraction of sp³-hybridized carbons (Fsp3) is 0.375. The standard InChI is InChI=1S/C40H47NO4/c1-6-29-15-21-36-33(25-29)16-17-34-27-32(28(3)31-11-9-8-10-12-31)18-22-37(34)39(36)41(4)23-24-45-35-19-13-30(14-20-35)26-38(43-5)40(42)44-7-2/h8-15,18-22,25,27-28,38-39H,6-7,16-17,23-24,26H2,1-5H3. The van der Waals surface area contributed by atoms with Gasteiger partial charge in [0.05, 0.1) is 12.6 Å². The second kappa shape index (κ2) is 15.4. The number of aryl methyl sites for hydroxylation is 3. The molecule has 0 aromatic heterocycles. The van der Waals surface area contributed by atoms with Gasteiger partial charge >= 0.3 is 5.97 Å². The number of rotatable bonds is 13. The van der Waals surface area contributed by atoms with E-state index in [1.807, 2.05) is 24.3 Å². The van der Waals surface area contributed by atoms with Crippen molar-refractivity contribution in [1.29, 1.82) is 0 Å². The van der Waals surface area contributed by atoms with Crippen LogP contribution in [-0.2, 0) is 40.0 Å². The fourth-order valence-corrected chi connectivity index (χ4v) is 6.46. The smallest absolute Gasteiger partial charge is 0.335 e. The second-order valence-electron chi connectivity index (χ2n) is 12.0. The zero-order valence-corrected chi connectivity index (χ0v) is 27.4. The summed E-state index contributed by atoms with van der Waals surface area (Å²) >= 11 is 0. The molecule has 0 radical (unpaired) electrons. The van der Waals surface area contributed by atoms with Crippen molar-refractivity contribution in [1.82, 2.24) is 4.90 Å². The number of hydrogen-bond donors (Lipinski definition) is 0. The molecule has 0 amide bonds. The summed E-state index contributed by atoms with van der Waals surface area (Å²) in [5, 5.41) is 0. The van der Waals surface area contributed by atoms with E-state index in [0.717, 1.165) is 37.1 Å². The normalized spacial score (nSPS) is 15.5. The highest BCUT2D eigenvalue weighted by Crippen LogP contribution is 2.38. The van der Waals surface area contributed by atoms with Crippen molar-refractivity contribution in [3.63, 3.8) is 0 Å². The summed E-state index contributed by atoms with van der Waals surface area (Å²) in [6, 6.07) is 33.1. The van der Waals surface area contributed by atoms with Crippen LogP contribution in [0, 0.1) is 0 Å². The number of benzene rings is 4. The average Bonchev–Trinajstić information content (AvgIpc) is 3.24. The third-order valence-corrected chi connectivity index (χ3v) is 9.17. The zero-order chi connectivity index (χ0) is 31.8. The Balaban J connectivity index is 1.31. The Morgan fingerprint density at radius 2 is 1.51 bits per heavy atom. The van der Waals surface area contributed by atoms with Gasteiger partial charge in [-0.25, -0.2) is 4.79 Å². The Hall–Kier alpha value is -3.93. The zero-order valence-electron chi connectivity index (χ0n) is 27.4. The third kappa shape index (κ3) is 7.84. The number of fused-ring (bicyclic) bond motifs is 2. The number of nitrogens with zero attached hydrogens (tertiary/aromatic N) is 1. The van der Waals surface area contributed by atoms with Crippen LogP contribution in [0.3, 0.4) is 0 Å². The summed E-state index contributed by atoms with van der Waals surface area (Å²) in [6.07, 6.45) is 2.98. The fourth-order valence-electron chi connectivity index (χ4n) is 6.46. The summed E-state index contributed by atoms with van der Waals surface area (Å²) in [6.45, 7) is 8.02. The van der Waals surface area contributed by atoms with Crippen molar-refractivity contribution >= 4 is 5.97 Å². The number of methoxy groups -OCH3 is 1. The Labute approximate surface area is 269 Å². The molecule has 0 fully saturated rings. The van der Waals surface area contributed by atoms with E-state index in [9.17, 15) is 4.79 Å². The SMILES string of the molecule is CCOC(=O)C(Cc1ccc(OCCN(C)C2c3ccc(CC)cc3CCc3cc(C(C)c4ccccc4)ccc32)cc1)OC. The van der Waals surface area contributed by atoms with Crippen LogP contribution >= 0.6 is 0 Å². The summed E-state index contributed by atoms with van der Waals surface area (Å²) in [5.41, 5.74) is 10.8. The molecule has 0 spiro atoms. The summed E-state index contributed by atoms with van der Waals surface area (Å²) in [4.78, 5) is 14.6. The predicted molar refractivity (Wildman–Crippen MR) is 181 cm³/mol. The van der Waals surface area contributed by atoms with Crippen LogP contribution in [0.25, 0.3) is 0 Å². The van der Waals surface area contributed by atoms with Crippen LogP contribution in [0.2, 0.25) is 0 Å². The molecule has 0 aliphatic heterocycles. The quantitative estimate of drug-likeness (QED) is 0.146. The van der Waals surface area contributed by atoms with Crippen LogP contribution < -0.4 is 4.74 Å². The van der Waals surface area contributed by atoms with Crippen LogP contribution in [0.1, 0.15) is 77.2 Å². The molecule has 236 valence electrons. The molecule has 5 heteroatoms. The predicted octanol–water partition coefficient (Wildman–Crippen LogP) is 7.72. The van der Waals surface area contributed by atoms with Crippen LogP contribution in [0.5, 0.6) is 5.75 Å². The molecular formula is C40H47NO4. The summed E-state index contributed by atoms with van der Waals surface area (Å²) in [5.74, 6) is 0.819. The van der Waals surface area contributed by atoms with E-state index in [-0.39, 0.29) is 12.0 Å². The van der Waals surface area contributed by atoms with E-state index >= 15 is 0 Å². The molecule has 0 saturated heterocycles. The van der Waals surface area contributed by atoms with Crippen molar-refractivity contribution in [2.75, 3.05) is 33.9 Å². The Morgan fingerprint density at radius 1 is 0.844 bits per heavy atom. The number of hydrogen-bond acceptors (Lipinski definition) is 5. The molecule has 1 aliphatic carbocycles. The number of likely N-dealkylation sites (N-methyl/N-ethyl adjacent to an activating group) is 1. The van der Waals surface area contributed by atoms with E-state index in [2.05, 4.69) is 92.5 Å². The highest BCUT2D eigenvalue weighted by Gasteiger charge is 2.28. The number of esters is 1. The lowest BCUT2D eigenvalue weighted by atomic mass is 9.87. The maximum atomic E-state index is 12.1. The van der Waals surface area contributed by atoms with Crippen molar-refractivity contribution < 1.29 is 19.0 Å². The molecule has 0 bridgehead atoms. The van der Waals surface area contributed by atoms with Crippen molar-refractivity contribution in [3.05, 3.63) is 136 Å². The minimum Gasteiger partial charge on any atom is -0.492 e. The van der Waals surface area contributed by atoms with Gasteiger partial charge in [0.25, 0.3) is 0 Å². The van der Waals surface area contributed by atoms with E-state index < -0.39 is 6.10 Å². The van der Waals surface area contributed by atoms with Crippen molar-refractivity contribution in [3.8, 4) is 5.75 Å². The Kier molecular flexibility index (Phi) is 11.1. The number of ether oxygens (including phenoxy) is 3. The first-order valence-corrected chi connectivity index (χ1v) is 16.3. The maximum absolute atomic E-state index is 12.1. The van der Waals surface area contributed by atoms with Gasteiger partial charge in [-0.2, -0.15) is 0 Å². The molecule has 5 nitrogen and oxygen atoms in total. The monoisotopic (exact) mass is 605 g/mol. The molecule has 3 atom stereocenters. The molecule has 1 aliphatic rings. The first-order chi connectivity index (χ1) is 21.9. The molecule has 0 saturated carbocycles. The summed E-state index contributed by atoms with van der Waals surface area (Å²) < 4.78 is 16.7. The molecule has 4 aromatic rings. The third-order valence-electron chi connectivity index (χ3n) is 9.17. The van der Waals surface area contributed by atoms with E-state index in [0.29, 0.717) is 25.6 Å². The van der Waals surface area contributed by atoms with Gasteiger partial charge in [0.1, 0.15) is 12.4 Å². The van der Waals surface area contributed by atoms with E-state index in [1.165, 1.54) is 46.1 Å². The molecule has 0 N–H and O–H groups in total. The van der Waals surface area contributed by atoms with Crippen LogP contribution in [0.15, 0.2) is 91.0 Å². The topological polar surface area (TPSA) is 48.0 Å². The minimum atomic E-state index is -0.610. The Bertz CT molecular complexity index is 1550. The second-order valence-corrected chi connectivity index (χ2v) is 12.0. The van der Waals surface area contributed by atoms with Gasteiger partial charge in [-0.15, -0.1) is 0 Å². The average molecular weight is 606 g/mol. The van der Waals surface area contributed by atoms with Gasteiger partial charge in [-0.1, -0.05) is 92.7 Å². The van der Waals surface area contributed by atoms with Crippen molar-refractivity contribution in [2.45, 2.75) is 64.5 Å². The highest BCUT2D eigenvalue weighted by atomic mass is 16.6. The van der Waals surface area contributed by atoms with E-state index in [1.54, 1.807) is 6.92 Å². The highest BCUT2D eigenvalue weighted by molar-refractivity contribution is 5.75. The number of carbonyl (C=O) groups excluding carboxylic acids is 1. The van der Waals surface area contributed by atoms with Gasteiger partial charge in [0, 0.05) is 26.0 Å². The van der Waals surface area contributed by atoms with E-state index in [4.69, 9.17) is 14.2 Å². The lowest BCUT2D eigenvalue weighted by Gasteiger charge is -2.31. The molecule has 3 unspecified atom stereocenters. The molecular weight excluding hydrogens is 558 g/mol. The molecule has 5 rings (SSSR count). The largest absolute Gasteiger partial charge is 0.492 e. The molecule has 45 heavy (non-hydrogen) atoms. The maximum Gasteiger partial charge on any atom is 0.335 e. The summed E-state index contributed by atoms with van der Waals surface area (Å²) in [7, 11) is 3.75. The molecule has 4 aromatic carbocycles. The van der Waals surface area contributed by atoms with Gasteiger partial charge in [-0.3, -0.25) is 4.90 Å². The van der Waals surface area contributed by atoms with Gasteiger partial charge in [0.15, 0.2) is 6.10 Å². The number of carbonyl (C=O) groups is 1. The molecule has 0 heterocycles. The minimum absolute atomic E-state index is 0.157. The van der Waals surface area contributed by atoms with Crippen LogP contribution in [0.4, 0.5) is 0 Å². The lowest BCUT2D eigenvalue weighted by Crippen LogP contribution is -2.30. The lowest BCUT2D eigenvalue weighted by molar-refractivity contribution is -0.154. The van der Waals surface area contributed by atoms with Crippen LogP contribution in [-0.4, -0.2) is 50.9 Å². The first-order valence-electron chi connectivity index (χ1n) is 16.3. The van der Waals surface area contributed by atoms with Gasteiger partial charge < -0.3 is 14.2 Å². The Morgan fingerprint density at radius 3 is 2.18 bits per heavy atom. The van der Waals surface area contributed by atoms with Gasteiger partial charge in [-0.05, 0) is 89.9 Å².